The van der Waals surface area contributed by atoms with E-state index in [9.17, 15) is 0 Å². The predicted octanol–water partition coefficient (Wildman–Crippen LogP) is 0.738. The number of ether oxygens (including phenoxy) is 2. The molecule has 0 spiro atoms. The summed E-state index contributed by atoms with van der Waals surface area (Å²) in [5.41, 5.74) is 6.58. The molecule has 0 bridgehead atoms. The maximum absolute atomic E-state index is 5.53. The number of aliphatic imine (C=N–C) groups is 1. The van der Waals surface area contributed by atoms with Gasteiger partial charge in [-0.15, -0.1) is 0 Å². The molecule has 16 heavy (non-hydrogen) atoms. The van der Waals surface area contributed by atoms with Crippen LogP contribution in [0.1, 0.15) is 5.56 Å². The van der Waals surface area contributed by atoms with Crippen LogP contribution in [-0.2, 0) is 6.54 Å². The first-order valence-corrected chi connectivity index (χ1v) is 4.88. The fraction of sp³-hybridized carbons (Fsp3) is 0.364. The molecule has 5 nitrogen and oxygen atoms in total. The molecule has 0 fully saturated rings. The van der Waals surface area contributed by atoms with Crippen molar-refractivity contribution >= 4 is 5.96 Å². The maximum Gasteiger partial charge on any atom is 0.188 e. The normalized spacial score (nSPS) is 11.1. The van der Waals surface area contributed by atoms with Crippen molar-refractivity contribution < 1.29 is 9.47 Å². The Morgan fingerprint density at radius 3 is 2.56 bits per heavy atom. The minimum absolute atomic E-state index is 0.412. The van der Waals surface area contributed by atoms with Crippen LogP contribution in [0.3, 0.4) is 0 Å². The third kappa shape index (κ3) is 3.05. The first-order chi connectivity index (χ1) is 7.71. The molecule has 0 aliphatic heterocycles. The van der Waals surface area contributed by atoms with E-state index in [2.05, 4.69) is 10.3 Å². The van der Waals surface area contributed by atoms with E-state index in [-0.39, 0.29) is 0 Å². The van der Waals surface area contributed by atoms with Gasteiger partial charge in [0.25, 0.3) is 0 Å². The van der Waals surface area contributed by atoms with Gasteiger partial charge in [0.2, 0.25) is 0 Å². The molecule has 0 aromatic heterocycles. The Balaban J connectivity index is 2.75. The second-order valence-corrected chi connectivity index (χ2v) is 3.15. The summed E-state index contributed by atoms with van der Waals surface area (Å²) in [4.78, 5) is 3.81. The van der Waals surface area contributed by atoms with E-state index in [0.717, 1.165) is 5.56 Å². The zero-order valence-corrected chi connectivity index (χ0v) is 9.78. The number of rotatable bonds is 4. The van der Waals surface area contributed by atoms with E-state index in [1.54, 1.807) is 21.3 Å². The van der Waals surface area contributed by atoms with Crippen LogP contribution in [-0.4, -0.2) is 27.2 Å². The van der Waals surface area contributed by atoms with E-state index in [1.807, 2.05) is 18.2 Å². The molecule has 0 saturated carbocycles. The maximum atomic E-state index is 5.53. The van der Waals surface area contributed by atoms with Crippen molar-refractivity contribution in [2.45, 2.75) is 6.54 Å². The molecule has 88 valence electrons. The summed E-state index contributed by atoms with van der Waals surface area (Å²) in [5.74, 6) is 1.83. The highest BCUT2D eigenvalue weighted by molar-refractivity contribution is 5.77. The van der Waals surface area contributed by atoms with Crippen molar-refractivity contribution in [3.63, 3.8) is 0 Å². The molecule has 0 atom stereocenters. The van der Waals surface area contributed by atoms with Gasteiger partial charge in [0.1, 0.15) is 0 Å². The van der Waals surface area contributed by atoms with E-state index in [4.69, 9.17) is 15.2 Å². The Labute approximate surface area is 95.3 Å². The van der Waals surface area contributed by atoms with Crippen LogP contribution in [0.2, 0.25) is 0 Å². The van der Waals surface area contributed by atoms with Gasteiger partial charge in [-0.1, -0.05) is 6.07 Å². The molecule has 0 unspecified atom stereocenters. The van der Waals surface area contributed by atoms with Gasteiger partial charge in [0, 0.05) is 13.6 Å². The summed E-state index contributed by atoms with van der Waals surface area (Å²) in [5, 5.41) is 2.97. The van der Waals surface area contributed by atoms with E-state index < -0.39 is 0 Å². The molecule has 0 amide bonds. The van der Waals surface area contributed by atoms with Crippen LogP contribution in [0.5, 0.6) is 11.5 Å². The second kappa shape index (κ2) is 5.85. The van der Waals surface area contributed by atoms with Gasteiger partial charge in [-0.3, -0.25) is 4.99 Å². The second-order valence-electron chi connectivity index (χ2n) is 3.15. The third-order valence-electron chi connectivity index (χ3n) is 2.16. The Bertz CT molecular complexity index is 377. The number of nitrogens with one attached hydrogen (secondary N) is 1. The number of hydrogen-bond acceptors (Lipinski definition) is 3. The van der Waals surface area contributed by atoms with Gasteiger partial charge in [-0.2, -0.15) is 0 Å². The Kier molecular flexibility index (Phi) is 4.44. The van der Waals surface area contributed by atoms with Gasteiger partial charge >= 0.3 is 0 Å². The summed E-state index contributed by atoms with van der Waals surface area (Å²) in [6.45, 7) is 0.601. The molecule has 1 aromatic rings. The van der Waals surface area contributed by atoms with Crippen molar-refractivity contribution in [1.29, 1.82) is 0 Å². The standard InChI is InChI=1S/C11H17N3O2/c1-13-11(12)14-7-8-4-5-9(15-2)10(6-8)16-3/h4-6H,7H2,1-3H3,(H3,12,13,14). The molecule has 3 N–H and O–H groups in total. The quantitative estimate of drug-likeness (QED) is 0.583. The fourth-order valence-electron chi connectivity index (χ4n) is 1.26. The SMILES string of the molecule is CN=C(N)NCc1ccc(OC)c(OC)c1. The number of nitrogens with zero attached hydrogens (tertiary/aromatic N) is 1. The monoisotopic (exact) mass is 223 g/mol. The molecule has 0 aliphatic carbocycles. The molecule has 5 heteroatoms. The Hall–Kier alpha value is -1.91. The number of nitrogens with two attached hydrogens (primary N) is 1. The van der Waals surface area contributed by atoms with Gasteiger partial charge in [0.15, 0.2) is 17.5 Å². The van der Waals surface area contributed by atoms with Gasteiger partial charge in [-0.25, -0.2) is 0 Å². The highest BCUT2D eigenvalue weighted by Gasteiger charge is 2.04. The van der Waals surface area contributed by atoms with Crippen molar-refractivity contribution in [3.05, 3.63) is 23.8 Å². The van der Waals surface area contributed by atoms with Crippen LogP contribution >= 0.6 is 0 Å². The van der Waals surface area contributed by atoms with Crippen molar-refractivity contribution in [2.24, 2.45) is 10.7 Å². The lowest BCUT2D eigenvalue weighted by Crippen LogP contribution is -2.30. The van der Waals surface area contributed by atoms with Crippen molar-refractivity contribution in [3.8, 4) is 11.5 Å². The Morgan fingerprint density at radius 1 is 1.31 bits per heavy atom. The molecule has 0 heterocycles. The molecule has 0 radical (unpaired) electrons. The van der Waals surface area contributed by atoms with Crippen LogP contribution in [0, 0.1) is 0 Å². The average molecular weight is 223 g/mol. The average Bonchev–Trinajstić information content (AvgIpc) is 2.35. The molecular weight excluding hydrogens is 206 g/mol. The molecule has 0 aliphatic rings. The zero-order valence-electron chi connectivity index (χ0n) is 9.78. The summed E-state index contributed by atoms with van der Waals surface area (Å²) in [7, 11) is 4.85. The first kappa shape index (κ1) is 12.2. The smallest absolute Gasteiger partial charge is 0.188 e. The third-order valence-corrected chi connectivity index (χ3v) is 2.16. The number of methoxy groups -OCH3 is 2. The highest BCUT2D eigenvalue weighted by atomic mass is 16.5. The minimum atomic E-state index is 0.412. The topological polar surface area (TPSA) is 68.9 Å². The highest BCUT2D eigenvalue weighted by Crippen LogP contribution is 2.27. The zero-order chi connectivity index (χ0) is 12.0. The molecule has 0 saturated heterocycles. The number of guanidine groups is 1. The van der Waals surface area contributed by atoms with E-state index >= 15 is 0 Å². The van der Waals surface area contributed by atoms with Crippen LogP contribution in [0.4, 0.5) is 0 Å². The lowest BCUT2D eigenvalue weighted by Gasteiger charge is -2.10. The summed E-state index contributed by atoms with van der Waals surface area (Å²) < 4.78 is 10.3. The van der Waals surface area contributed by atoms with E-state index in [0.29, 0.717) is 24.0 Å². The van der Waals surface area contributed by atoms with Crippen LogP contribution in [0.15, 0.2) is 23.2 Å². The van der Waals surface area contributed by atoms with E-state index in [1.165, 1.54) is 0 Å². The number of benzene rings is 1. The minimum Gasteiger partial charge on any atom is -0.493 e. The Morgan fingerprint density at radius 2 is 2.00 bits per heavy atom. The molecular formula is C11H17N3O2. The van der Waals surface area contributed by atoms with Gasteiger partial charge in [0.05, 0.1) is 14.2 Å². The summed E-state index contributed by atoms with van der Waals surface area (Å²) in [6, 6.07) is 5.70. The number of hydrogen-bond donors (Lipinski definition) is 2. The van der Waals surface area contributed by atoms with Gasteiger partial charge in [-0.05, 0) is 17.7 Å². The van der Waals surface area contributed by atoms with Gasteiger partial charge < -0.3 is 20.5 Å². The van der Waals surface area contributed by atoms with Crippen molar-refractivity contribution in [1.82, 2.24) is 5.32 Å². The molecule has 1 aromatic carbocycles. The first-order valence-electron chi connectivity index (χ1n) is 4.88. The lowest BCUT2D eigenvalue weighted by molar-refractivity contribution is 0.354. The van der Waals surface area contributed by atoms with Crippen molar-refractivity contribution in [2.75, 3.05) is 21.3 Å². The fourth-order valence-corrected chi connectivity index (χ4v) is 1.26. The largest absolute Gasteiger partial charge is 0.493 e. The molecule has 1 rings (SSSR count). The lowest BCUT2D eigenvalue weighted by atomic mass is 10.2. The summed E-state index contributed by atoms with van der Waals surface area (Å²) in [6.07, 6.45) is 0. The van der Waals surface area contributed by atoms with Crippen LogP contribution in [0.25, 0.3) is 0 Å². The van der Waals surface area contributed by atoms with Crippen LogP contribution < -0.4 is 20.5 Å². The summed E-state index contributed by atoms with van der Waals surface area (Å²) >= 11 is 0. The predicted molar refractivity (Wildman–Crippen MR) is 63.9 cm³/mol.